The van der Waals surface area contributed by atoms with Gasteiger partial charge in [0.2, 0.25) is 11.8 Å². The Bertz CT molecular complexity index is 1450. The van der Waals surface area contributed by atoms with Crippen LogP contribution in [0.3, 0.4) is 0 Å². The first kappa shape index (κ1) is 30.1. The lowest BCUT2D eigenvalue weighted by molar-refractivity contribution is -0.117. The van der Waals surface area contributed by atoms with E-state index in [0.29, 0.717) is 54.8 Å². The molecule has 1 aliphatic heterocycles. The van der Waals surface area contributed by atoms with Crippen LogP contribution in [0.25, 0.3) is 22.6 Å². The Hall–Kier alpha value is -3.82. The van der Waals surface area contributed by atoms with Gasteiger partial charge in [-0.25, -0.2) is 4.98 Å². The van der Waals surface area contributed by atoms with Gasteiger partial charge in [0.15, 0.2) is 0 Å². The first-order valence-corrected chi connectivity index (χ1v) is 14.7. The molecule has 2 N–H and O–H groups in total. The molecule has 0 saturated heterocycles. The van der Waals surface area contributed by atoms with Crippen molar-refractivity contribution >= 4 is 45.7 Å². The summed E-state index contributed by atoms with van der Waals surface area (Å²) < 4.78 is 1.72. The van der Waals surface area contributed by atoms with E-state index in [9.17, 15) is 14.4 Å². The number of allylic oxidation sites excluding steroid dienone is 1. The molecule has 9 nitrogen and oxygen atoms in total. The van der Waals surface area contributed by atoms with Crippen molar-refractivity contribution in [2.24, 2.45) is 0 Å². The second kappa shape index (κ2) is 14.2. The summed E-state index contributed by atoms with van der Waals surface area (Å²) in [6.07, 6.45) is 3.62. The lowest BCUT2D eigenvalue weighted by Gasteiger charge is -2.17. The highest BCUT2D eigenvalue weighted by Crippen LogP contribution is 2.28. The number of hydrogen-bond acceptors (Lipinski definition) is 6. The van der Waals surface area contributed by atoms with E-state index in [1.54, 1.807) is 22.8 Å². The third-order valence-electron chi connectivity index (χ3n) is 7.77. The zero-order chi connectivity index (χ0) is 29.4. The highest BCUT2D eigenvalue weighted by Gasteiger charge is 2.21. The van der Waals surface area contributed by atoms with Crippen LogP contribution in [0, 0.1) is 0 Å². The van der Waals surface area contributed by atoms with Crippen LogP contribution in [0.2, 0.25) is 0 Å². The third kappa shape index (κ3) is 7.68. The number of anilines is 2. The summed E-state index contributed by atoms with van der Waals surface area (Å²) in [5.41, 5.74) is 3.84. The maximum atomic E-state index is 13.2. The van der Waals surface area contributed by atoms with Crippen molar-refractivity contribution in [3.05, 3.63) is 64.2 Å². The Morgan fingerprint density at radius 3 is 2.00 bits per heavy atom. The highest BCUT2D eigenvalue weighted by molar-refractivity contribution is 5.94. The zero-order valence-electron chi connectivity index (χ0n) is 24.7. The van der Waals surface area contributed by atoms with Gasteiger partial charge in [0.25, 0.3) is 5.56 Å². The van der Waals surface area contributed by atoms with Crippen molar-refractivity contribution in [1.29, 1.82) is 0 Å². The van der Waals surface area contributed by atoms with Gasteiger partial charge in [0, 0.05) is 43.9 Å². The lowest BCUT2D eigenvalue weighted by Crippen LogP contribution is -2.27. The van der Waals surface area contributed by atoms with Gasteiger partial charge in [0.05, 0.1) is 10.9 Å². The fourth-order valence-electron chi connectivity index (χ4n) is 5.14. The number of nitrogens with one attached hydrogen (secondary N) is 2. The van der Waals surface area contributed by atoms with E-state index < -0.39 is 0 Å². The summed E-state index contributed by atoms with van der Waals surface area (Å²) in [7, 11) is 0. The van der Waals surface area contributed by atoms with E-state index in [1.807, 2.05) is 30.3 Å². The maximum absolute atomic E-state index is 13.2. The standard InChI is InChI=1S/C32H42N6O3/c1-5-36(6-2)18-16-29(39)33-25-11-9-23(10-12-25)21-24-15-20-38-31(24)35-28-22-26(13-14-27(28)32(38)41)34-30(40)17-19-37(7-3)8-4/h9-14,21-22H,5-8,15-20H2,1-4H3,(H,33,39)(H,34,40)/b24-21+. The van der Waals surface area contributed by atoms with Crippen LogP contribution in [-0.4, -0.2) is 70.4 Å². The summed E-state index contributed by atoms with van der Waals surface area (Å²) in [4.78, 5) is 47.4. The van der Waals surface area contributed by atoms with Gasteiger partial charge in [-0.2, -0.15) is 0 Å². The Kier molecular flexibility index (Phi) is 10.4. The van der Waals surface area contributed by atoms with Crippen LogP contribution in [0.15, 0.2) is 47.3 Å². The average Bonchev–Trinajstić information content (AvgIpc) is 3.37. The molecule has 0 radical (unpaired) electrons. The molecule has 0 saturated carbocycles. The second-order valence-electron chi connectivity index (χ2n) is 10.3. The van der Waals surface area contributed by atoms with Crippen LogP contribution >= 0.6 is 0 Å². The minimum Gasteiger partial charge on any atom is -0.326 e. The molecule has 0 unspecified atom stereocenters. The van der Waals surface area contributed by atoms with Gasteiger partial charge in [-0.3, -0.25) is 19.0 Å². The van der Waals surface area contributed by atoms with Crippen LogP contribution in [0.4, 0.5) is 11.4 Å². The molecule has 1 aromatic heterocycles. The first-order chi connectivity index (χ1) is 19.8. The van der Waals surface area contributed by atoms with Gasteiger partial charge in [-0.1, -0.05) is 39.8 Å². The van der Waals surface area contributed by atoms with Gasteiger partial charge >= 0.3 is 0 Å². The highest BCUT2D eigenvalue weighted by atomic mass is 16.2. The average molecular weight is 559 g/mol. The van der Waals surface area contributed by atoms with Crippen molar-refractivity contribution in [3.63, 3.8) is 0 Å². The summed E-state index contributed by atoms with van der Waals surface area (Å²) in [6.45, 7) is 14.1. The largest absolute Gasteiger partial charge is 0.326 e. The van der Waals surface area contributed by atoms with Crippen LogP contribution in [-0.2, 0) is 16.1 Å². The molecular formula is C32H42N6O3. The Balaban J connectivity index is 1.47. The van der Waals surface area contributed by atoms with E-state index in [4.69, 9.17) is 4.98 Å². The van der Waals surface area contributed by atoms with E-state index in [2.05, 4.69) is 48.1 Å². The summed E-state index contributed by atoms with van der Waals surface area (Å²) in [5, 5.41) is 6.46. The molecule has 0 aliphatic carbocycles. The number of carbonyl (C=O) groups excluding carboxylic acids is 2. The van der Waals surface area contributed by atoms with E-state index in [0.717, 1.165) is 49.5 Å². The molecule has 0 atom stereocenters. The van der Waals surface area contributed by atoms with Crippen LogP contribution < -0.4 is 16.2 Å². The van der Waals surface area contributed by atoms with Gasteiger partial charge in [-0.15, -0.1) is 0 Å². The topological polar surface area (TPSA) is 99.6 Å². The number of nitrogens with zero attached hydrogens (tertiary/aromatic N) is 4. The van der Waals surface area contributed by atoms with Crippen molar-refractivity contribution in [1.82, 2.24) is 19.4 Å². The SMILES string of the molecule is CCN(CC)CCC(=O)Nc1ccc(/C=C2\CCn3c2nc2cc(NC(=O)CCN(CC)CC)ccc2c3=O)cc1. The quantitative estimate of drug-likeness (QED) is 0.316. The van der Waals surface area contributed by atoms with E-state index >= 15 is 0 Å². The van der Waals surface area contributed by atoms with Crippen molar-refractivity contribution in [3.8, 4) is 0 Å². The molecule has 0 bridgehead atoms. The number of fused-ring (bicyclic) bond motifs is 2. The van der Waals surface area contributed by atoms with E-state index in [-0.39, 0.29) is 17.4 Å². The van der Waals surface area contributed by atoms with Gasteiger partial charge in [0.1, 0.15) is 5.82 Å². The second-order valence-corrected chi connectivity index (χ2v) is 10.3. The number of amides is 2. The fraction of sp³-hybridized carbons (Fsp3) is 0.438. The fourth-order valence-corrected chi connectivity index (χ4v) is 5.14. The lowest BCUT2D eigenvalue weighted by atomic mass is 10.1. The number of benzene rings is 2. The normalized spacial score (nSPS) is 13.8. The molecule has 2 amide bonds. The molecule has 0 fully saturated rings. The first-order valence-electron chi connectivity index (χ1n) is 14.7. The van der Waals surface area contributed by atoms with Crippen molar-refractivity contribution in [2.75, 3.05) is 49.9 Å². The van der Waals surface area contributed by atoms with Gasteiger partial charge < -0.3 is 20.4 Å². The molecule has 41 heavy (non-hydrogen) atoms. The Labute approximate surface area is 242 Å². The molecule has 2 aromatic carbocycles. The molecule has 9 heteroatoms. The monoisotopic (exact) mass is 558 g/mol. The summed E-state index contributed by atoms with van der Waals surface area (Å²) >= 11 is 0. The maximum Gasteiger partial charge on any atom is 0.261 e. The van der Waals surface area contributed by atoms with Crippen molar-refractivity contribution < 1.29 is 9.59 Å². The number of rotatable bonds is 13. The minimum atomic E-state index is -0.0735. The predicted octanol–water partition coefficient (Wildman–Crippen LogP) is 4.68. The third-order valence-corrected chi connectivity index (χ3v) is 7.77. The Morgan fingerprint density at radius 2 is 1.41 bits per heavy atom. The minimum absolute atomic E-state index is 0.00243. The smallest absolute Gasteiger partial charge is 0.261 e. The summed E-state index contributed by atoms with van der Waals surface area (Å²) in [5.74, 6) is 0.599. The van der Waals surface area contributed by atoms with Crippen LogP contribution in [0.1, 0.15) is 58.3 Å². The predicted molar refractivity (Wildman–Crippen MR) is 167 cm³/mol. The molecule has 218 valence electrons. The molecule has 3 aromatic rings. The molecule has 4 rings (SSSR count). The zero-order valence-corrected chi connectivity index (χ0v) is 24.7. The summed E-state index contributed by atoms with van der Waals surface area (Å²) in [6, 6.07) is 13.0. The van der Waals surface area contributed by atoms with E-state index in [1.165, 1.54) is 0 Å². The number of carbonyl (C=O) groups is 2. The molecule has 1 aliphatic rings. The molecule has 2 heterocycles. The molecular weight excluding hydrogens is 516 g/mol. The van der Waals surface area contributed by atoms with Crippen LogP contribution in [0.5, 0.6) is 0 Å². The Morgan fingerprint density at radius 1 is 0.854 bits per heavy atom. The molecule has 0 spiro atoms. The van der Waals surface area contributed by atoms with Crippen molar-refractivity contribution in [2.45, 2.75) is 53.5 Å². The van der Waals surface area contributed by atoms with Gasteiger partial charge in [-0.05, 0) is 80.1 Å². The number of hydrogen-bond donors (Lipinski definition) is 2. The number of aromatic nitrogens is 2.